The quantitative estimate of drug-likeness (QED) is 0.776. The van der Waals surface area contributed by atoms with Crippen molar-refractivity contribution in [2.45, 2.75) is 6.54 Å². The zero-order valence-electron chi connectivity index (χ0n) is 8.96. The third kappa shape index (κ3) is 2.11. The molecule has 4 nitrogen and oxygen atoms in total. The number of hydrogen-bond donors (Lipinski definition) is 0. The summed E-state index contributed by atoms with van der Waals surface area (Å²) in [5.41, 5.74) is 0.853. The van der Waals surface area contributed by atoms with E-state index in [0.29, 0.717) is 6.54 Å². The van der Waals surface area contributed by atoms with Gasteiger partial charge < -0.3 is 9.30 Å². The second-order valence-corrected chi connectivity index (χ2v) is 3.36. The summed E-state index contributed by atoms with van der Waals surface area (Å²) in [6, 6.07) is 9.77. The van der Waals surface area contributed by atoms with Crippen LogP contribution in [0.1, 0.15) is 5.56 Å². The molecule has 4 heteroatoms. The van der Waals surface area contributed by atoms with Crippen molar-refractivity contribution in [3.63, 3.8) is 0 Å². The highest BCUT2D eigenvalue weighted by molar-refractivity contribution is 5.16. The molecule has 0 atom stereocenters. The number of methoxy groups -OCH3 is 1. The SMILES string of the molecule is COc1nccn(Cc2ccccc2)c1=O. The minimum Gasteiger partial charge on any atom is -0.477 e. The van der Waals surface area contributed by atoms with Gasteiger partial charge in [-0.25, -0.2) is 4.98 Å². The maximum atomic E-state index is 11.8. The van der Waals surface area contributed by atoms with E-state index < -0.39 is 0 Å². The molecule has 0 saturated heterocycles. The Kier molecular flexibility index (Phi) is 3.00. The first-order valence-corrected chi connectivity index (χ1v) is 4.94. The molecule has 2 rings (SSSR count). The van der Waals surface area contributed by atoms with Gasteiger partial charge in [-0.1, -0.05) is 30.3 Å². The van der Waals surface area contributed by atoms with Gasteiger partial charge in [-0.2, -0.15) is 0 Å². The van der Waals surface area contributed by atoms with Crippen molar-refractivity contribution in [2.24, 2.45) is 0 Å². The fraction of sp³-hybridized carbons (Fsp3) is 0.167. The van der Waals surface area contributed by atoms with Crippen LogP contribution >= 0.6 is 0 Å². The number of benzene rings is 1. The lowest BCUT2D eigenvalue weighted by atomic mass is 10.2. The lowest BCUT2D eigenvalue weighted by Gasteiger charge is -2.06. The average Bonchev–Trinajstić information content (AvgIpc) is 2.33. The minimum absolute atomic E-state index is 0.124. The van der Waals surface area contributed by atoms with Crippen LogP contribution in [0.25, 0.3) is 0 Å². The standard InChI is InChI=1S/C12H12N2O2/c1-16-11-12(15)14(8-7-13-11)9-10-5-3-2-4-6-10/h2-8H,9H2,1H3. The van der Waals surface area contributed by atoms with Gasteiger partial charge in [0.25, 0.3) is 5.88 Å². The first-order valence-electron chi connectivity index (χ1n) is 4.94. The Morgan fingerprint density at radius 1 is 1.31 bits per heavy atom. The normalized spacial score (nSPS) is 10.1. The van der Waals surface area contributed by atoms with E-state index in [1.54, 1.807) is 17.0 Å². The Hall–Kier alpha value is -2.10. The van der Waals surface area contributed by atoms with E-state index in [1.165, 1.54) is 7.11 Å². The lowest BCUT2D eigenvalue weighted by molar-refractivity contribution is 0.385. The van der Waals surface area contributed by atoms with E-state index in [1.807, 2.05) is 30.3 Å². The number of nitrogens with zero attached hydrogens (tertiary/aromatic N) is 2. The van der Waals surface area contributed by atoms with Gasteiger partial charge in [0.1, 0.15) is 0 Å². The third-order valence-corrected chi connectivity index (χ3v) is 2.27. The van der Waals surface area contributed by atoms with Crippen LogP contribution in [0.4, 0.5) is 0 Å². The molecule has 0 N–H and O–H groups in total. The van der Waals surface area contributed by atoms with Gasteiger partial charge in [0.2, 0.25) is 0 Å². The van der Waals surface area contributed by atoms with Gasteiger partial charge in [0.15, 0.2) is 0 Å². The fourth-order valence-corrected chi connectivity index (χ4v) is 1.47. The van der Waals surface area contributed by atoms with Crippen LogP contribution in [0.3, 0.4) is 0 Å². The van der Waals surface area contributed by atoms with Crippen molar-refractivity contribution in [1.82, 2.24) is 9.55 Å². The molecule has 0 bridgehead atoms. The predicted molar refractivity (Wildman–Crippen MR) is 60.6 cm³/mol. The molecule has 1 aromatic heterocycles. The maximum absolute atomic E-state index is 11.8. The largest absolute Gasteiger partial charge is 0.477 e. The first-order chi connectivity index (χ1) is 7.81. The summed E-state index contributed by atoms with van der Waals surface area (Å²) < 4.78 is 6.45. The highest BCUT2D eigenvalue weighted by Gasteiger charge is 2.04. The molecule has 0 aliphatic carbocycles. The van der Waals surface area contributed by atoms with Crippen LogP contribution in [0.15, 0.2) is 47.5 Å². The minimum atomic E-state index is -0.214. The zero-order chi connectivity index (χ0) is 11.4. The summed E-state index contributed by atoms with van der Waals surface area (Å²) in [5, 5.41) is 0. The molecule has 0 radical (unpaired) electrons. The molecule has 0 fully saturated rings. The molecule has 0 unspecified atom stereocenters. The Morgan fingerprint density at radius 3 is 2.75 bits per heavy atom. The van der Waals surface area contributed by atoms with Crippen molar-refractivity contribution in [2.75, 3.05) is 7.11 Å². The van der Waals surface area contributed by atoms with E-state index >= 15 is 0 Å². The van der Waals surface area contributed by atoms with E-state index in [0.717, 1.165) is 5.56 Å². The van der Waals surface area contributed by atoms with Crippen molar-refractivity contribution in [3.8, 4) is 5.88 Å². The Balaban J connectivity index is 2.32. The monoisotopic (exact) mass is 216 g/mol. The number of aromatic nitrogens is 2. The highest BCUT2D eigenvalue weighted by Crippen LogP contribution is 2.01. The first kappa shape index (κ1) is 10.4. The summed E-state index contributed by atoms with van der Waals surface area (Å²) in [7, 11) is 1.44. The van der Waals surface area contributed by atoms with Crippen molar-refractivity contribution < 1.29 is 4.74 Å². The molecule has 0 amide bonds. The van der Waals surface area contributed by atoms with Crippen LogP contribution in [0.5, 0.6) is 5.88 Å². The van der Waals surface area contributed by atoms with Crippen molar-refractivity contribution >= 4 is 0 Å². The molecule has 0 saturated carbocycles. The van der Waals surface area contributed by atoms with E-state index in [4.69, 9.17) is 4.74 Å². The number of rotatable bonds is 3. The summed E-state index contributed by atoms with van der Waals surface area (Å²) in [6.07, 6.45) is 3.21. The van der Waals surface area contributed by atoms with Crippen LogP contribution in [0.2, 0.25) is 0 Å². The second kappa shape index (κ2) is 4.61. The summed E-state index contributed by atoms with van der Waals surface area (Å²) >= 11 is 0. The summed E-state index contributed by atoms with van der Waals surface area (Å²) in [4.78, 5) is 15.6. The van der Waals surface area contributed by atoms with Gasteiger partial charge >= 0.3 is 5.56 Å². The van der Waals surface area contributed by atoms with Gasteiger partial charge in [-0.05, 0) is 5.56 Å². The highest BCUT2D eigenvalue weighted by atomic mass is 16.5. The Morgan fingerprint density at radius 2 is 2.06 bits per heavy atom. The predicted octanol–water partition coefficient (Wildman–Crippen LogP) is 1.30. The van der Waals surface area contributed by atoms with E-state index in [9.17, 15) is 4.79 Å². The Bertz CT molecular complexity index is 520. The van der Waals surface area contributed by atoms with Crippen LogP contribution in [0, 0.1) is 0 Å². The van der Waals surface area contributed by atoms with E-state index in [2.05, 4.69) is 4.98 Å². The van der Waals surface area contributed by atoms with Crippen LogP contribution in [-0.2, 0) is 6.54 Å². The van der Waals surface area contributed by atoms with Gasteiger partial charge in [0.05, 0.1) is 13.7 Å². The molecular formula is C12H12N2O2. The molecule has 0 spiro atoms. The smallest absolute Gasteiger partial charge is 0.313 e. The van der Waals surface area contributed by atoms with Crippen LogP contribution in [-0.4, -0.2) is 16.7 Å². The van der Waals surface area contributed by atoms with Gasteiger partial charge in [0, 0.05) is 12.4 Å². The molecule has 16 heavy (non-hydrogen) atoms. The van der Waals surface area contributed by atoms with Gasteiger partial charge in [-0.15, -0.1) is 0 Å². The Labute approximate surface area is 93.1 Å². The molecule has 1 aromatic carbocycles. The molecule has 0 aliphatic heterocycles. The topological polar surface area (TPSA) is 44.1 Å². The zero-order valence-corrected chi connectivity index (χ0v) is 8.96. The number of hydrogen-bond acceptors (Lipinski definition) is 3. The summed E-state index contributed by atoms with van der Waals surface area (Å²) in [6.45, 7) is 0.526. The molecule has 1 heterocycles. The molecular weight excluding hydrogens is 204 g/mol. The lowest BCUT2D eigenvalue weighted by Crippen LogP contribution is -2.22. The van der Waals surface area contributed by atoms with E-state index in [-0.39, 0.29) is 11.4 Å². The molecule has 2 aromatic rings. The number of ether oxygens (including phenoxy) is 1. The van der Waals surface area contributed by atoms with Gasteiger partial charge in [-0.3, -0.25) is 4.79 Å². The average molecular weight is 216 g/mol. The molecule has 82 valence electrons. The van der Waals surface area contributed by atoms with Crippen molar-refractivity contribution in [1.29, 1.82) is 0 Å². The maximum Gasteiger partial charge on any atom is 0.313 e. The second-order valence-electron chi connectivity index (χ2n) is 3.36. The third-order valence-electron chi connectivity index (χ3n) is 2.27. The van der Waals surface area contributed by atoms with Crippen LogP contribution < -0.4 is 10.3 Å². The fourth-order valence-electron chi connectivity index (χ4n) is 1.47. The van der Waals surface area contributed by atoms with Crippen molar-refractivity contribution in [3.05, 3.63) is 58.6 Å². The molecule has 0 aliphatic rings. The summed E-state index contributed by atoms with van der Waals surface area (Å²) in [5.74, 6) is 0.124.